The first-order valence-corrected chi connectivity index (χ1v) is 14.2. The summed E-state index contributed by atoms with van der Waals surface area (Å²) in [5.74, 6) is -2.70. The second-order valence-electron chi connectivity index (χ2n) is 10.6. The Kier molecular flexibility index (Phi) is 11.9. The maximum absolute atomic E-state index is 13.8. The smallest absolute Gasteiger partial charge is 0.328 e. The maximum Gasteiger partial charge on any atom is 0.328 e. The fourth-order valence-electron chi connectivity index (χ4n) is 5.10. The second kappa shape index (κ2) is 15.5. The summed E-state index contributed by atoms with van der Waals surface area (Å²) in [6, 6.07) is 22.0. The normalized spacial score (nSPS) is 12.6. The van der Waals surface area contributed by atoms with E-state index in [0.717, 1.165) is 23.3 Å². The number of rotatable bonds is 16. The third-order valence-corrected chi connectivity index (χ3v) is 7.60. The van der Waals surface area contributed by atoms with Gasteiger partial charge in [-0.2, -0.15) is 0 Å². The summed E-state index contributed by atoms with van der Waals surface area (Å²) in [6.45, 7) is 1.68. The lowest BCUT2D eigenvalue weighted by molar-refractivity contribution is -0.384. The van der Waals surface area contributed by atoms with Crippen LogP contribution in [-0.2, 0) is 24.5 Å². The van der Waals surface area contributed by atoms with Crippen molar-refractivity contribution in [2.24, 2.45) is 0 Å². The highest BCUT2D eigenvalue weighted by molar-refractivity contribution is 5.97. The number of hydrogen-bond donors (Lipinski definition) is 2. The molecule has 0 aliphatic carbocycles. The van der Waals surface area contributed by atoms with Gasteiger partial charge in [0.1, 0.15) is 18.4 Å². The number of non-ortho nitro benzene ring substituents is 1. The molecule has 2 N–H and O–H groups in total. The summed E-state index contributed by atoms with van der Waals surface area (Å²) in [4.78, 5) is 63.5. The van der Waals surface area contributed by atoms with Gasteiger partial charge in [0.05, 0.1) is 10.3 Å². The molecule has 0 radical (unpaired) electrons. The third kappa shape index (κ3) is 8.35. The summed E-state index contributed by atoms with van der Waals surface area (Å²) in [5, 5.41) is 22.7. The minimum Gasteiger partial charge on any atom is -0.481 e. The summed E-state index contributed by atoms with van der Waals surface area (Å²) in [7, 11) is 3.63. The number of benzene rings is 3. The number of hydrogen-bond acceptors (Lipinski definition) is 8. The number of ether oxygens (including phenoxy) is 1. The van der Waals surface area contributed by atoms with Gasteiger partial charge in [-0.1, -0.05) is 67.6 Å². The van der Waals surface area contributed by atoms with Gasteiger partial charge in [0.2, 0.25) is 0 Å². The SMILES string of the molecule is CCC(=O)C(C[C@H](COC(=O)[C@H](CCC(=O)O)NC(=O)c1ccc([N+](=O)[O-])cc1)N(C)C)(c1ccccc1)c1ccccc1. The lowest BCUT2D eigenvalue weighted by Gasteiger charge is -2.38. The third-order valence-electron chi connectivity index (χ3n) is 7.60. The van der Waals surface area contributed by atoms with Crippen molar-refractivity contribution < 1.29 is 33.9 Å². The van der Waals surface area contributed by atoms with Gasteiger partial charge in [-0.25, -0.2) is 4.79 Å². The molecule has 0 heterocycles. The van der Waals surface area contributed by atoms with Gasteiger partial charge < -0.3 is 20.1 Å². The van der Waals surface area contributed by atoms with Crippen molar-refractivity contribution in [1.29, 1.82) is 0 Å². The Morgan fingerprint density at radius 2 is 1.48 bits per heavy atom. The summed E-state index contributed by atoms with van der Waals surface area (Å²) in [6.07, 6.45) is -0.0854. The Morgan fingerprint density at radius 1 is 0.932 bits per heavy atom. The number of carboxylic acid groups (broad SMARTS) is 1. The predicted octanol–water partition coefficient (Wildman–Crippen LogP) is 4.39. The molecule has 0 bridgehead atoms. The highest BCUT2D eigenvalue weighted by atomic mass is 16.6. The number of carboxylic acids is 1. The molecule has 2 atom stereocenters. The summed E-state index contributed by atoms with van der Waals surface area (Å²) >= 11 is 0. The monoisotopic (exact) mass is 603 g/mol. The van der Waals surface area contributed by atoms with E-state index >= 15 is 0 Å². The molecule has 3 aromatic carbocycles. The average Bonchev–Trinajstić information content (AvgIpc) is 3.03. The van der Waals surface area contributed by atoms with E-state index in [9.17, 15) is 34.4 Å². The van der Waals surface area contributed by atoms with Crippen LogP contribution in [-0.4, -0.2) is 71.3 Å². The maximum atomic E-state index is 13.8. The number of carbonyl (C=O) groups is 4. The largest absolute Gasteiger partial charge is 0.481 e. The predicted molar refractivity (Wildman–Crippen MR) is 163 cm³/mol. The van der Waals surface area contributed by atoms with Crippen LogP contribution in [0.15, 0.2) is 84.9 Å². The molecule has 232 valence electrons. The van der Waals surface area contributed by atoms with Gasteiger partial charge in [-0.05, 0) is 50.2 Å². The van der Waals surface area contributed by atoms with Crippen molar-refractivity contribution in [2.75, 3.05) is 20.7 Å². The fraction of sp³-hybridized carbons (Fsp3) is 0.333. The number of nitrogens with zero attached hydrogens (tertiary/aromatic N) is 2. The molecule has 0 saturated carbocycles. The lowest BCUT2D eigenvalue weighted by Crippen LogP contribution is -2.47. The standard InChI is InChI=1S/C33H37N3O8/c1-4-29(37)33(24-11-7-5-8-12-24,25-13-9-6-10-14-25)21-27(35(2)3)22-44-32(41)28(19-20-30(38)39)34-31(40)23-15-17-26(18-16-23)36(42)43/h5-18,27-28H,4,19-22H2,1-3H3,(H,34,40)(H,38,39)/t27-,28+/m1/s1. The van der Waals surface area contributed by atoms with E-state index < -0.39 is 46.7 Å². The number of carbonyl (C=O) groups excluding carboxylic acids is 3. The number of aliphatic carboxylic acids is 1. The van der Waals surface area contributed by atoms with Crippen molar-refractivity contribution in [3.05, 3.63) is 112 Å². The molecule has 0 saturated heterocycles. The van der Waals surface area contributed by atoms with Crippen molar-refractivity contribution >= 4 is 29.3 Å². The number of amides is 1. The Hall–Kier alpha value is -4.90. The molecule has 0 fully saturated rings. The zero-order chi connectivity index (χ0) is 32.3. The number of nitro benzene ring substituents is 1. The topological polar surface area (TPSA) is 156 Å². The van der Waals surface area contributed by atoms with Crippen LogP contribution in [0.4, 0.5) is 5.69 Å². The van der Waals surface area contributed by atoms with Crippen LogP contribution in [0.5, 0.6) is 0 Å². The molecule has 44 heavy (non-hydrogen) atoms. The van der Waals surface area contributed by atoms with Crippen LogP contribution >= 0.6 is 0 Å². The van der Waals surface area contributed by atoms with E-state index in [-0.39, 0.29) is 42.9 Å². The van der Waals surface area contributed by atoms with Crippen LogP contribution in [0.2, 0.25) is 0 Å². The van der Waals surface area contributed by atoms with Crippen molar-refractivity contribution in [1.82, 2.24) is 10.2 Å². The average molecular weight is 604 g/mol. The fourth-order valence-corrected chi connectivity index (χ4v) is 5.10. The van der Waals surface area contributed by atoms with Crippen LogP contribution in [0.25, 0.3) is 0 Å². The molecular formula is C33H37N3O8. The Bertz CT molecular complexity index is 1400. The molecule has 11 nitrogen and oxygen atoms in total. The number of Topliss-reactive ketones (excluding diaryl/α,β-unsaturated/α-hetero) is 1. The van der Waals surface area contributed by atoms with E-state index in [0.29, 0.717) is 0 Å². The van der Waals surface area contributed by atoms with Gasteiger partial charge in [-0.3, -0.25) is 24.5 Å². The van der Waals surface area contributed by atoms with Gasteiger partial charge in [0, 0.05) is 36.6 Å². The van der Waals surface area contributed by atoms with Gasteiger partial charge in [0.25, 0.3) is 11.6 Å². The number of ketones is 1. The van der Waals surface area contributed by atoms with Crippen molar-refractivity contribution in [2.45, 2.75) is 50.1 Å². The van der Waals surface area contributed by atoms with E-state index in [1.165, 1.54) is 12.1 Å². The number of esters is 1. The molecule has 3 aromatic rings. The van der Waals surface area contributed by atoms with Crippen LogP contribution in [0, 0.1) is 10.1 Å². The molecule has 0 aliphatic rings. The van der Waals surface area contributed by atoms with Gasteiger partial charge in [0.15, 0.2) is 0 Å². The molecule has 0 aromatic heterocycles. The van der Waals surface area contributed by atoms with Gasteiger partial charge >= 0.3 is 11.9 Å². The summed E-state index contributed by atoms with van der Waals surface area (Å²) < 4.78 is 5.69. The van der Waals surface area contributed by atoms with Crippen molar-refractivity contribution in [3.8, 4) is 0 Å². The van der Waals surface area contributed by atoms with Crippen LogP contribution in [0.3, 0.4) is 0 Å². The molecule has 0 unspecified atom stereocenters. The molecule has 1 amide bonds. The first kappa shape index (κ1) is 33.6. The van der Waals surface area contributed by atoms with E-state index in [2.05, 4.69) is 5.32 Å². The van der Waals surface area contributed by atoms with Gasteiger partial charge in [-0.15, -0.1) is 0 Å². The van der Waals surface area contributed by atoms with E-state index in [4.69, 9.17) is 4.74 Å². The Balaban J connectivity index is 1.87. The number of likely N-dealkylation sites (N-methyl/N-ethyl adjacent to an activating group) is 1. The molecular weight excluding hydrogens is 566 g/mol. The van der Waals surface area contributed by atoms with Crippen molar-refractivity contribution in [3.63, 3.8) is 0 Å². The first-order chi connectivity index (χ1) is 21.0. The van der Waals surface area contributed by atoms with Crippen LogP contribution < -0.4 is 5.32 Å². The first-order valence-electron chi connectivity index (χ1n) is 14.2. The minimum absolute atomic E-state index is 0.00257. The summed E-state index contributed by atoms with van der Waals surface area (Å²) in [5.41, 5.74) is 0.438. The minimum atomic E-state index is -1.29. The Morgan fingerprint density at radius 3 is 1.93 bits per heavy atom. The van der Waals surface area contributed by atoms with Crippen LogP contribution in [0.1, 0.15) is 54.1 Å². The zero-order valence-corrected chi connectivity index (χ0v) is 25.0. The number of nitrogens with one attached hydrogen (secondary N) is 1. The molecule has 0 spiro atoms. The van der Waals surface area contributed by atoms with E-state index in [1.807, 2.05) is 86.6 Å². The zero-order valence-electron chi connectivity index (χ0n) is 25.0. The lowest BCUT2D eigenvalue weighted by atomic mass is 9.66. The number of nitro groups is 1. The quantitative estimate of drug-likeness (QED) is 0.138. The Labute approximate surface area is 256 Å². The molecule has 11 heteroatoms. The van der Waals surface area contributed by atoms with E-state index in [1.54, 1.807) is 0 Å². The highest BCUT2D eigenvalue weighted by Crippen LogP contribution is 2.39. The molecule has 3 rings (SSSR count). The second-order valence-corrected chi connectivity index (χ2v) is 10.6. The highest BCUT2D eigenvalue weighted by Gasteiger charge is 2.43. The molecule has 0 aliphatic heterocycles.